The van der Waals surface area contributed by atoms with Crippen LogP contribution < -0.4 is 10.9 Å². The predicted molar refractivity (Wildman–Crippen MR) is 139 cm³/mol. The second-order valence-electron chi connectivity index (χ2n) is 8.76. The van der Waals surface area contributed by atoms with Gasteiger partial charge in [-0.15, -0.1) is 0 Å². The third-order valence-corrected chi connectivity index (χ3v) is 6.74. The highest BCUT2D eigenvalue weighted by molar-refractivity contribution is 7.80. The summed E-state index contributed by atoms with van der Waals surface area (Å²) in [5.74, 6) is -0.299. The molecule has 1 aromatic heterocycles. The fourth-order valence-electron chi connectivity index (χ4n) is 4.19. The lowest BCUT2D eigenvalue weighted by atomic mass is 10.0. The smallest absolute Gasteiger partial charge is 0.253 e. The number of hydrogen-bond acceptors (Lipinski definition) is 4. The van der Waals surface area contributed by atoms with Crippen molar-refractivity contribution >= 4 is 33.9 Å². The number of rotatable bonds is 7. The largest absolute Gasteiger partial charge is 0.379 e. The number of ether oxygens (including phenoxy) is 1. The van der Waals surface area contributed by atoms with Crippen molar-refractivity contribution in [2.45, 2.75) is 26.8 Å². The van der Waals surface area contributed by atoms with Crippen LogP contribution in [0.4, 0.5) is 10.1 Å². The molecule has 34 heavy (non-hydrogen) atoms. The van der Waals surface area contributed by atoms with Crippen LogP contribution in [0.5, 0.6) is 0 Å². The summed E-state index contributed by atoms with van der Waals surface area (Å²) in [6.45, 7) is 9.46. The predicted octanol–water partition coefficient (Wildman–Crippen LogP) is 4.21. The first kappa shape index (κ1) is 24.3. The topological polar surface area (TPSA) is 60.6 Å². The molecule has 6 nitrogen and oxygen atoms in total. The number of nitrogens with one attached hydrogen (secondary N) is 2. The maximum atomic E-state index is 13.3. The Balaban J connectivity index is 1.53. The van der Waals surface area contributed by atoms with Crippen LogP contribution >= 0.6 is 12.2 Å². The van der Waals surface area contributed by atoms with Gasteiger partial charge in [-0.1, -0.05) is 12.1 Å². The molecule has 8 heteroatoms. The molecular formula is C26H31FN4O2S. The molecule has 4 rings (SSSR count). The minimum atomic E-state index is -0.299. The third kappa shape index (κ3) is 6.00. The molecule has 0 unspecified atom stereocenters. The van der Waals surface area contributed by atoms with Gasteiger partial charge < -0.3 is 19.9 Å². The molecule has 0 atom stereocenters. The number of benzene rings is 2. The zero-order valence-corrected chi connectivity index (χ0v) is 20.5. The van der Waals surface area contributed by atoms with E-state index >= 15 is 0 Å². The van der Waals surface area contributed by atoms with Crippen molar-refractivity contribution in [2.75, 3.05) is 44.7 Å². The van der Waals surface area contributed by atoms with Crippen LogP contribution in [0.3, 0.4) is 0 Å². The van der Waals surface area contributed by atoms with E-state index in [4.69, 9.17) is 17.0 Å². The number of halogens is 1. The van der Waals surface area contributed by atoms with Crippen molar-refractivity contribution in [2.24, 2.45) is 0 Å². The highest BCUT2D eigenvalue weighted by Gasteiger charge is 2.16. The van der Waals surface area contributed by atoms with Gasteiger partial charge in [0, 0.05) is 37.4 Å². The minimum absolute atomic E-state index is 0.107. The molecule has 1 saturated heterocycles. The third-order valence-electron chi connectivity index (χ3n) is 6.38. The van der Waals surface area contributed by atoms with Crippen molar-refractivity contribution in [3.63, 3.8) is 0 Å². The van der Waals surface area contributed by atoms with Crippen LogP contribution in [0.2, 0.25) is 0 Å². The van der Waals surface area contributed by atoms with Crippen LogP contribution in [0, 0.1) is 19.7 Å². The van der Waals surface area contributed by atoms with Gasteiger partial charge in [0.2, 0.25) is 0 Å². The molecule has 2 N–H and O–H groups in total. The number of H-pyrrole nitrogens is 1. The maximum absolute atomic E-state index is 13.3. The Morgan fingerprint density at radius 1 is 1.18 bits per heavy atom. The number of aromatic amines is 1. The summed E-state index contributed by atoms with van der Waals surface area (Å²) >= 11 is 5.71. The highest BCUT2D eigenvalue weighted by Crippen LogP contribution is 2.20. The van der Waals surface area contributed by atoms with Crippen LogP contribution in [-0.2, 0) is 11.3 Å². The van der Waals surface area contributed by atoms with E-state index in [1.54, 1.807) is 12.1 Å². The molecule has 0 radical (unpaired) electrons. The Hall–Kier alpha value is -2.81. The summed E-state index contributed by atoms with van der Waals surface area (Å²) in [4.78, 5) is 20.4. The monoisotopic (exact) mass is 482 g/mol. The molecule has 3 aromatic rings. The van der Waals surface area contributed by atoms with Crippen LogP contribution in [0.1, 0.15) is 23.1 Å². The molecule has 1 fully saturated rings. The summed E-state index contributed by atoms with van der Waals surface area (Å²) in [6, 6.07) is 12.2. The van der Waals surface area contributed by atoms with Crippen LogP contribution in [0.25, 0.3) is 10.9 Å². The number of pyridine rings is 1. The van der Waals surface area contributed by atoms with Crippen LogP contribution in [-0.4, -0.2) is 59.3 Å². The first-order chi connectivity index (χ1) is 16.4. The zero-order valence-electron chi connectivity index (χ0n) is 19.7. The Labute approximate surface area is 204 Å². The van der Waals surface area contributed by atoms with Gasteiger partial charge in [-0.2, -0.15) is 0 Å². The van der Waals surface area contributed by atoms with Crippen molar-refractivity contribution in [1.82, 2.24) is 14.8 Å². The molecule has 2 aromatic carbocycles. The lowest BCUT2D eigenvalue weighted by Gasteiger charge is -2.29. The Morgan fingerprint density at radius 3 is 2.65 bits per heavy atom. The molecule has 1 aliphatic rings. The van der Waals surface area contributed by atoms with Crippen molar-refractivity contribution in [1.29, 1.82) is 0 Å². The van der Waals surface area contributed by atoms with E-state index in [2.05, 4.69) is 21.3 Å². The SMILES string of the molecule is Cc1ccc2cc(CN(CCCN3CCOCC3)C(=S)Nc3ccc(F)cc3)c(=O)[nH]c2c1C. The average Bonchev–Trinajstić information content (AvgIpc) is 2.84. The number of anilines is 1. The highest BCUT2D eigenvalue weighted by atomic mass is 32.1. The fourth-order valence-corrected chi connectivity index (χ4v) is 4.46. The minimum Gasteiger partial charge on any atom is -0.379 e. The molecule has 180 valence electrons. The lowest BCUT2D eigenvalue weighted by molar-refractivity contribution is 0.0367. The summed E-state index contributed by atoms with van der Waals surface area (Å²) in [5.41, 5.74) is 4.36. The van der Waals surface area contributed by atoms with E-state index in [-0.39, 0.29) is 11.4 Å². The lowest BCUT2D eigenvalue weighted by Crippen LogP contribution is -2.40. The fraction of sp³-hybridized carbons (Fsp3) is 0.385. The Kier molecular flexibility index (Phi) is 7.92. The van der Waals surface area contributed by atoms with E-state index in [9.17, 15) is 9.18 Å². The Morgan fingerprint density at radius 2 is 1.91 bits per heavy atom. The summed E-state index contributed by atoms with van der Waals surface area (Å²) in [5, 5.41) is 4.71. The average molecular weight is 483 g/mol. The Bertz CT molecular complexity index is 1210. The van der Waals surface area contributed by atoms with Gasteiger partial charge in [0.25, 0.3) is 5.56 Å². The summed E-state index contributed by atoms with van der Waals surface area (Å²) in [7, 11) is 0. The summed E-state index contributed by atoms with van der Waals surface area (Å²) < 4.78 is 18.8. The van der Waals surface area contributed by atoms with E-state index in [0.717, 1.165) is 61.3 Å². The maximum Gasteiger partial charge on any atom is 0.253 e. The molecular weight excluding hydrogens is 451 g/mol. The van der Waals surface area contributed by atoms with Gasteiger partial charge >= 0.3 is 0 Å². The van der Waals surface area contributed by atoms with Crippen molar-refractivity contribution in [3.05, 3.63) is 75.3 Å². The van der Waals surface area contributed by atoms with E-state index in [1.807, 2.05) is 30.9 Å². The quantitative estimate of drug-likeness (QED) is 0.492. The van der Waals surface area contributed by atoms with E-state index in [0.29, 0.717) is 29.5 Å². The first-order valence-corrected chi connectivity index (χ1v) is 12.1. The van der Waals surface area contributed by atoms with Crippen LogP contribution in [0.15, 0.2) is 47.3 Å². The van der Waals surface area contributed by atoms with Gasteiger partial charge in [0.15, 0.2) is 5.11 Å². The van der Waals surface area contributed by atoms with Gasteiger partial charge in [0.05, 0.1) is 25.3 Å². The molecule has 1 aliphatic heterocycles. The molecule has 0 saturated carbocycles. The first-order valence-electron chi connectivity index (χ1n) is 11.6. The molecule has 0 aliphatic carbocycles. The number of thiocarbonyl (C=S) groups is 1. The standard InChI is InChI=1S/C26H31FN4O2S/c1-18-4-5-20-16-21(25(32)29-24(20)19(18)2)17-31(11-3-10-30-12-14-33-15-13-30)26(34)28-23-8-6-22(27)7-9-23/h4-9,16H,3,10-15,17H2,1-2H3,(H,28,34)(H,29,32). The normalized spacial score (nSPS) is 14.3. The van der Waals surface area contributed by atoms with Gasteiger partial charge in [-0.25, -0.2) is 4.39 Å². The molecule has 0 bridgehead atoms. The molecule has 0 spiro atoms. The van der Waals surface area contributed by atoms with Crippen molar-refractivity contribution < 1.29 is 9.13 Å². The number of aromatic nitrogens is 1. The number of nitrogens with zero attached hydrogens (tertiary/aromatic N) is 2. The van der Waals surface area contributed by atoms with Gasteiger partial charge in [0.1, 0.15) is 5.82 Å². The number of fused-ring (bicyclic) bond motifs is 1. The van der Waals surface area contributed by atoms with Gasteiger partial charge in [-0.05, 0) is 79.3 Å². The van der Waals surface area contributed by atoms with E-state index < -0.39 is 0 Å². The molecule has 2 heterocycles. The molecule has 0 amide bonds. The van der Waals surface area contributed by atoms with E-state index in [1.165, 1.54) is 12.1 Å². The second-order valence-corrected chi connectivity index (χ2v) is 9.15. The summed E-state index contributed by atoms with van der Waals surface area (Å²) in [6.07, 6.45) is 0.898. The second kappa shape index (κ2) is 11.1. The number of hydrogen-bond donors (Lipinski definition) is 2. The number of aryl methyl sites for hydroxylation is 2. The number of morpholine rings is 1. The zero-order chi connectivity index (χ0) is 24.1. The van der Waals surface area contributed by atoms with Gasteiger partial charge in [-0.3, -0.25) is 9.69 Å². The van der Waals surface area contributed by atoms with Crippen molar-refractivity contribution in [3.8, 4) is 0 Å².